The first-order chi connectivity index (χ1) is 46.5. The molecule has 2 bridgehead atoms. The molecule has 0 radical (unpaired) electrons. The highest BCUT2D eigenvalue weighted by atomic mass is 16.5. The topological polar surface area (TPSA) is 243 Å². The number of nitrogens with one attached hydrogen (secondary N) is 4. The molecule has 4 aromatic carbocycles. The van der Waals surface area contributed by atoms with E-state index in [-0.39, 0.29) is 149 Å². The second-order valence-electron chi connectivity index (χ2n) is 31.7. The zero-order valence-corrected chi connectivity index (χ0v) is 55.7. The Labute approximate surface area is 565 Å². The molecule has 1 saturated heterocycles. The van der Waals surface area contributed by atoms with Crippen molar-refractivity contribution < 1.29 is 45.0 Å². The van der Waals surface area contributed by atoms with Crippen LogP contribution in [0.2, 0.25) is 0 Å². The van der Waals surface area contributed by atoms with E-state index >= 15 is 9.59 Å². The second kappa shape index (κ2) is 25.2. The molecule has 5 aromatic rings. The van der Waals surface area contributed by atoms with E-state index in [0.29, 0.717) is 68.8 Å². The first-order valence-electron chi connectivity index (χ1n) is 36.6. The molecule has 96 heavy (non-hydrogen) atoms. The van der Waals surface area contributed by atoms with E-state index in [9.17, 15) is 30.6 Å². The van der Waals surface area contributed by atoms with Crippen LogP contribution in [0.25, 0.3) is 10.8 Å². The van der Waals surface area contributed by atoms with Gasteiger partial charge in [0.1, 0.15) is 11.2 Å². The lowest BCUT2D eigenvalue weighted by Gasteiger charge is -2.68. The number of aliphatic hydroxyl groups excluding tert-OH is 4. The first kappa shape index (κ1) is 64.0. The highest BCUT2D eigenvalue weighted by Gasteiger charge is 2.71. The normalized spacial score (nSPS) is 36.2. The predicted octanol–water partition coefficient (Wildman–Crippen LogP) is 10.3. The van der Waals surface area contributed by atoms with Gasteiger partial charge < -0.3 is 62.0 Å². The summed E-state index contributed by atoms with van der Waals surface area (Å²) in [6.45, 7) is 3.61. The number of Topliss-reactive ketones (excluding diaryl/α,β-unsaturated/α-hetero) is 2. The van der Waals surface area contributed by atoms with Gasteiger partial charge in [-0.25, -0.2) is 0 Å². The smallest absolute Gasteiger partial charge is 0.160 e. The largest absolute Gasteiger partial charge is 0.504 e. The van der Waals surface area contributed by atoms with Crippen LogP contribution in [-0.4, -0.2) is 110 Å². The number of aromatic hydroxyl groups is 1. The molecular weight excluding hydrogens is 1200 g/mol. The maximum Gasteiger partial charge on any atom is 0.160 e. The van der Waals surface area contributed by atoms with Crippen LogP contribution in [-0.2, 0) is 22.4 Å². The molecule has 21 atom stereocenters. The van der Waals surface area contributed by atoms with Gasteiger partial charge in [-0.15, -0.1) is 5.92 Å². The Bertz CT molecular complexity index is 4020. The van der Waals surface area contributed by atoms with Crippen LogP contribution in [0.4, 0.5) is 0 Å². The van der Waals surface area contributed by atoms with E-state index in [2.05, 4.69) is 124 Å². The van der Waals surface area contributed by atoms with Gasteiger partial charge >= 0.3 is 0 Å². The summed E-state index contributed by atoms with van der Waals surface area (Å²) in [7, 11) is 1.49. The maximum absolute atomic E-state index is 15.7. The van der Waals surface area contributed by atoms with Crippen LogP contribution < -0.4 is 26.4 Å². The van der Waals surface area contributed by atoms with Crippen molar-refractivity contribution in [2.24, 2.45) is 69.8 Å². The number of hydrogen-bond acceptors (Lipinski definition) is 13. The molecule has 0 amide bonds. The van der Waals surface area contributed by atoms with Crippen molar-refractivity contribution in [1.82, 2.24) is 20.9 Å². The number of dihydropyridines is 1. The van der Waals surface area contributed by atoms with Crippen LogP contribution in [0, 0.1) is 87.8 Å². The van der Waals surface area contributed by atoms with Crippen LogP contribution in [0.15, 0.2) is 115 Å². The zero-order chi connectivity index (χ0) is 65.9. The molecule has 5 saturated carbocycles. The number of methoxy groups -OCH3 is 1. The van der Waals surface area contributed by atoms with Gasteiger partial charge in [-0.1, -0.05) is 116 Å². The highest BCUT2D eigenvalue weighted by molar-refractivity contribution is 5.90. The lowest BCUT2D eigenvalue weighted by molar-refractivity contribution is -0.159. The Morgan fingerprint density at radius 2 is 1.64 bits per heavy atom. The molecule has 2 spiro atoms. The Balaban J connectivity index is 0.777. The van der Waals surface area contributed by atoms with E-state index in [4.69, 9.17) is 10.5 Å². The third kappa shape index (κ3) is 10.7. The van der Waals surface area contributed by atoms with E-state index in [1.807, 2.05) is 18.2 Å². The van der Waals surface area contributed by atoms with Crippen molar-refractivity contribution in [3.8, 4) is 35.2 Å². The summed E-state index contributed by atoms with van der Waals surface area (Å²) in [5, 5.41) is 85.9. The summed E-state index contributed by atoms with van der Waals surface area (Å²) in [6.07, 6.45) is 13.1. The number of H-pyrrole nitrogens is 1. The Kier molecular flexibility index (Phi) is 16.8. The molecule has 0 unspecified atom stereocenters. The monoisotopic (exact) mass is 1300 g/mol. The second-order valence-corrected chi connectivity index (χ2v) is 31.7. The average Bonchev–Trinajstić information content (AvgIpc) is 1.19. The minimum Gasteiger partial charge on any atom is -0.504 e. The number of carbonyl (C=O) groups is 2. The summed E-state index contributed by atoms with van der Waals surface area (Å²) >= 11 is 0. The average molecular weight is 1300 g/mol. The number of nitrogens with two attached hydrogens (primary N) is 1. The number of rotatable bonds is 14. The number of benzene rings is 4. The fraction of sp³-hybridized carbons (Fsp3) is 0.561. The van der Waals surface area contributed by atoms with Crippen molar-refractivity contribution in [2.75, 3.05) is 20.2 Å². The summed E-state index contributed by atoms with van der Waals surface area (Å²) < 4.78 is 5.67. The molecule has 14 heteroatoms. The molecule has 1 aromatic heterocycles. The Hall–Kier alpha value is -6.72. The number of aryl methyl sites for hydroxylation is 1. The molecule has 3 aliphatic heterocycles. The molecule has 11 aliphatic rings. The standard InChI is InChI=1S/C82H97N5O9/c1-80-28-11-17-53(80)16-10-18-60-72-54(22-24-70(94)95)71(58(44-86-80)74-76(72)75-61(87-60)42-65(91)78-77(75)73-57(43-85-79(73)74)59(81(78)29-8-9-30-81)34-45-12-4-3-5-13-45)52-26-32-82(68(93)38-52)31-25-50(56-41-64(90)66(96-2)37-49(56)21-23-67(82)92)36-62(88)63(89)40-55(51-27-33-84-69(83)39-51)48-20-19-46-14-6-7-15-47(46)35-48/h3-7,12-15,19-20,27,35,37,39,41,43,50,52-55,58-63,68,70-72,74-78,84-90,93-95H,8-9,11,17-18,21-24,26,28-30,32-34,36,38,40,42,44,83H2,1-2H3/t50-,52+,53+,54-,55+,58-,59-,60+,61-,62+,63-,68-,71-,72+,74+,75+,76-,77+,78+,80+,82-/m1/s1. The summed E-state index contributed by atoms with van der Waals surface area (Å²) in [6, 6.07) is 28.7. The van der Waals surface area contributed by atoms with Gasteiger partial charge in [0, 0.05) is 90.8 Å². The van der Waals surface area contributed by atoms with Crippen LogP contribution in [0.3, 0.4) is 0 Å². The number of piperidine rings is 1. The molecular formula is C82H97N5O9. The minimum absolute atomic E-state index is 0.0152. The SMILES string of the molecule is COc1cc2c(cc1O)[C@@H](C[C@H](O)[C@H](O)C[C@H](C1=CCNC(N)=C1)c1ccc3ccccc3c1)C#C[C@@]1(CC[C@H]([C@@H]3[C@@H](CCC(O)O)[C@@H]4[C@@H]5[C@H]6c7[nH]cc8c7[C@H]7[C@H]5[C@@H](CC(=O)[C@@H]7C5(CCCC5)[C@@H]8Cc5ccccc5)N[C@H]4CC#C[C@H]4CCC[C@]4(C)NC[C@@H]63)C[C@H]1O)C(=O)CC2. The molecule has 8 aliphatic carbocycles. The van der Waals surface area contributed by atoms with Crippen molar-refractivity contribution in [3.05, 3.63) is 154 Å². The molecule has 4 heterocycles. The summed E-state index contributed by atoms with van der Waals surface area (Å²) in [5.74, 6) is 15.3. The number of phenols is 1. The van der Waals surface area contributed by atoms with Crippen molar-refractivity contribution >= 4 is 22.3 Å². The van der Waals surface area contributed by atoms with Crippen molar-refractivity contribution in [2.45, 2.75) is 201 Å². The predicted molar refractivity (Wildman–Crippen MR) is 369 cm³/mol. The Morgan fingerprint density at radius 3 is 2.43 bits per heavy atom. The number of carbonyl (C=O) groups excluding carboxylic acids is 2. The van der Waals surface area contributed by atoms with Crippen LogP contribution >= 0.6 is 0 Å². The highest BCUT2D eigenvalue weighted by Crippen LogP contribution is 2.74. The molecule has 16 rings (SSSR count). The Morgan fingerprint density at radius 1 is 0.823 bits per heavy atom. The number of ketones is 2. The van der Waals surface area contributed by atoms with Crippen LogP contribution in [0.1, 0.15) is 185 Å². The molecule has 6 fully saturated rings. The van der Waals surface area contributed by atoms with E-state index in [1.165, 1.54) is 29.5 Å². The van der Waals surface area contributed by atoms with Gasteiger partial charge in [-0.2, -0.15) is 0 Å². The van der Waals surface area contributed by atoms with E-state index in [1.54, 1.807) is 12.1 Å². The lowest BCUT2D eigenvalue weighted by Crippen LogP contribution is -2.71. The van der Waals surface area contributed by atoms with Crippen molar-refractivity contribution in [3.63, 3.8) is 0 Å². The van der Waals surface area contributed by atoms with Gasteiger partial charge in [-0.05, 0) is 218 Å². The van der Waals surface area contributed by atoms with E-state index < -0.39 is 35.9 Å². The number of aromatic amines is 1. The van der Waals surface area contributed by atoms with Crippen LogP contribution in [0.5, 0.6) is 11.5 Å². The number of aliphatic hydroxyl groups is 5. The lowest BCUT2D eigenvalue weighted by atomic mass is 9.37. The maximum atomic E-state index is 15.7. The van der Waals surface area contributed by atoms with Crippen molar-refractivity contribution in [1.29, 1.82) is 0 Å². The first-order valence-corrected chi connectivity index (χ1v) is 36.6. The minimum atomic E-state index is -1.51. The zero-order valence-electron chi connectivity index (χ0n) is 55.7. The van der Waals surface area contributed by atoms with E-state index in [0.717, 1.165) is 78.8 Å². The number of allylic oxidation sites excluding steroid dienone is 2. The number of hydrogen-bond donors (Lipinski definition) is 11. The molecule has 12 N–H and O–H groups in total. The fourth-order valence-electron chi connectivity index (χ4n) is 23.1. The number of aromatic nitrogens is 1. The summed E-state index contributed by atoms with van der Waals surface area (Å²) in [5.41, 5.74) is 13.3. The van der Waals surface area contributed by atoms with Gasteiger partial charge in [-0.3, -0.25) is 9.59 Å². The van der Waals surface area contributed by atoms with Gasteiger partial charge in [0.2, 0.25) is 0 Å². The third-order valence-corrected chi connectivity index (χ3v) is 27.3. The number of phenolic OH excluding ortho intramolecular Hbond substituents is 1. The summed E-state index contributed by atoms with van der Waals surface area (Å²) in [4.78, 5) is 35.4. The quantitative estimate of drug-likeness (QED) is 0.0367. The van der Waals surface area contributed by atoms with Gasteiger partial charge in [0.15, 0.2) is 23.6 Å². The number of fused-ring (bicyclic) bond motifs is 8. The third-order valence-electron chi connectivity index (χ3n) is 27.3. The van der Waals surface area contributed by atoms with Gasteiger partial charge in [0.05, 0.1) is 31.2 Å². The van der Waals surface area contributed by atoms with Gasteiger partial charge in [0.25, 0.3) is 0 Å². The molecule has 504 valence electrons. The molecule has 14 nitrogen and oxygen atoms in total. The fourth-order valence-corrected chi connectivity index (χ4v) is 23.1. The number of ether oxygens (including phenoxy) is 1.